The molecule has 1 aliphatic rings. The zero-order valence-electron chi connectivity index (χ0n) is 21.6. The Bertz CT molecular complexity index is 1550. The molecule has 7 nitrogen and oxygen atoms in total. The number of amides is 1. The van der Waals surface area contributed by atoms with Crippen LogP contribution in [0.2, 0.25) is 0 Å². The minimum absolute atomic E-state index is 0.0273. The van der Waals surface area contributed by atoms with Gasteiger partial charge < -0.3 is 24.8 Å². The zero-order valence-corrected chi connectivity index (χ0v) is 21.6. The summed E-state index contributed by atoms with van der Waals surface area (Å²) in [6, 6.07) is 18.7. The van der Waals surface area contributed by atoms with Crippen LogP contribution in [0.4, 0.5) is 0 Å². The number of hydrogen-bond acceptors (Lipinski definition) is 5. The first-order valence-corrected chi connectivity index (χ1v) is 12.6. The predicted molar refractivity (Wildman–Crippen MR) is 146 cm³/mol. The number of aliphatic hydroxyl groups excluding tert-OH is 1. The number of ether oxygens (including phenoxy) is 1. The first-order chi connectivity index (χ1) is 18.3. The highest BCUT2D eigenvalue weighted by Gasteiger charge is 2.46. The summed E-state index contributed by atoms with van der Waals surface area (Å²) >= 11 is 0. The van der Waals surface area contributed by atoms with Crippen molar-refractivity contribution < 1.29 is 24.5 Å². The maximum atomic E-state index is 13.4. The molecule has 1 saturated heterocycles. The Kier molecular flexibility index (Phi) is 6.68. The number of phenols is 1. The van der Waals surface area contributed by atoms with Crippen LogP contribution in [0.3, 0.4) is 0 Å². The van der Waals surface area contributed by atoms with Crippen LogP contribution in [0.5, 0.6) is 11.5 Å². The number of aromatic nitrogens is 1. The van der Waals surface area contributed by atoms with E-state index in [-0.39, 0.29) is 29.5 Å². The average Bonchev–Trinajstić information content (AvgIpc) is 3.45. The molecule has 3 aromatic carbocycles. The van der Waals surface area contributed by atoms with Crippen molar-refractivity contribution in [3.63, 3.8) is 0 Å². The fourth-order valence-electron chi connectivity index (χ4n) is 5.18. The number of Topliss-reactive ketones (excluding diaryl/α,β-unsaturated/α-hetero) is 1. The Hall–Kier alpha value is -4.52. The standard InChI is InChI=1S/C31H30N2O5/c1-18(2)24-16-20(10-13-26(24)38-3)29(35)27-28(19-8-11-22(34)12-9-19)33(31(37)30(27)36)15-14-21-17-32-25-7-5-4-6-23(21)25/h4-13,16-18,28,32,34-35H,14-15H2,1-3H3/b29-27+. The molecule has 5 rings (SSSR count). The van der Waals surface area contributed by atoms with E-state index >= 15 is 0 Å². The average molecular weight is 511 g/mol. The fraction of sp³-hybridized carbons (Fsp3) is 0.226. The highest BCUT2D eigenvalue weighted by atomic mass is 16.5. The molecule has 1 unspecified atom stereocenters. The third-order valence-corrected chi connectivity index (χ3v) is 7.17. The summed E-state index contributed by atoms with van der Waals surface area (Å²) in [5, 5.41) is 22.4. The molecule has 0 spiro atoms. The molecule has 0 saturated carbocycles. The number of carbonyl (C=O) groups excluding carboxylic acids is 2. The molecule has 194 valence electrons. The molecular weight excluding hydrogens is 480 g/mol. The first-order valence-electron chi connectivity index (χ1n) is 12.6. The van der Waals surface area contributed by atoms with E-state index in [2.05, 4.69) is 4.98 Å². The smallest absolute Gasteiger partial charge is 0.295 e. The SMILES string of the molecule is COc1ccc(/C(O)=C2\C(=O)C(=O)N(CCc3c[nH]c4ccccc34)C2c2ccc(O)cc2)cc1C(C)C. The lowest BCUT2D eigenvalue weighted by Gasteiger charge is -2.25. The van der Waals surface area contributed by atoms with Crippen LogP contribution in [0, 0.1) is 0 Å². The van der Waals surface area contributed by atoms with Gasteiger partial charge in [-0.15, -0.1) is 0 Å². The number of fused-ring (bicyclic) bond motifs is 1. The number of para-hydroxylation sites is 1. The number of hydrogen-bond donors (Lipinski definition) is 3. The van der Waals surface area contributed by atoms with Gasteiger partial charge in [0.05, 0.1) is 18.7 Å². The van der Waals surface area contributed by atoms with Gasteiger partial charge in [-0.3, -0.25) is 9.59 Å². The summed E-state index contributed by atoms with van der Waals surface area (Å²) in [4.78, 5) is 31.5. The summed E-state index contributed by atoms with van der Waals surface area (Å²) in [6.07, 6.45) is 2.44. The monoisotopic (exact) mass is 510 g/mol. The molecule has 3 N–H and O–H groups in total. The maximum absolute atomic E-state index is 13.4. The maximum Gasteiger partial charge on any atom is 0.295 e. The number of aromatic hydroxyl groups is 1. The van der Waals surface area contributed by atoms with Crippen molar-refractivity contribution in [1.29, 1.82) is 0 Å². The summed E-state index contributed by atoms with van der Waals surface area (Å²) < 4.78 is 5.47. The van der Waals surface area contributed by atoms with Gasteiger partial charge in [0.1, 0.15) is 17.3 Å². The van der Waals surface area contributed by atoms with E-state index in [1.807, 2.05) is 44.3 Å². The van der Waals surface area contributed by atoms with Crippen LogP contribution >= 0.6 is 0 Å². The Balaban J connectivity index is 1.58. The van der Waals surface area contributed by atoms with Crippen LogP contribution in [-0.2, 0) is 16.0 Å². The molecule has 0 aliphatic carbocycles. The Morgan fingerprint density at radius 2 is 1.79 bits per heavy atom. The van der Waals surface area contributed by atoms with Crippen molar-refractivity contribution in [2.45, 2.75) is 32.2 Å². The molecular formula is C31H30N2O5. The van der Waals surface area contributed by atoms with Crippen molar-refractivity contribution in [1.82, 2.24) is 9.88 Å². The van der Waals surface area contributed by atoms with Crippen LogP contribution in [-0.4, -0.2) is 45.4 Å². The van der Waals surface area contributed by atoms with Crippen molar-refractivity contribution in [2.24, 2.45) is 0 Å². The number of carbonyl (C=O) groups is 2. The topological polar surface area (TPSA) is 103 Å². The molecule has 0 radical (unpaired) electrons. The number of nitrogens with zero attached hydrogens (tertiary/aromatic N) is 1. The lowest BCUT2D eigenvalue weighted by molar-refractivity contribution is -0.139. The number of aliphatic hydroxyl groups is 1. The third kappa shape index (κ3) is 4.41. The quantitative estimate of drug-likeness (QED) is 0.169. The van der Waals surface area contributed by atoms with E-state index in [0.717, 1.165) is 22.0 Å². The number of benzene rings is 3. The molecule has 38 heavy (non-hydrogen) atoms. The minimum atomic E-state index is -0.801. The second kappa shape index (κ2) is 10.1. The molecule has 1 fully saturated rings. The molecule has 1 atom stereocenters. The van der Waals surface area contributed by atoms with Gasteiger partial charge in [-0.05, 0) is 65.4 Å². The number of methoxy groups -OCH3 is 1. The number of rotatable bonds is 7. The lowest BCUT2D eigenvalue weighted by atomic mass is 9.93. The van der Waals surface area contributed by atoms with Gasteiger partial charge in [0.2, 0.25) is 0 Å². The van der Waals surface area contributed by atoms with Crippen molar-refractivity contribution in [2.75, 3.05) is 13.7 Å². The molecule has 1 aliphatic heterocycles. The molecule has 4 aromatic rings. The Morgan fingerprint density at radius 3 is 2.50 bits per heavy atom. The molecule has 2 heterocycles. The van der Waals surface area contributed by atoms with E-state index in [1.165, 1.54) is 17.0 Å². The van der Waals surface area contributed by atoms with Gasteiger partial charge in [0.15, 0.2) is 0 Å². The highest BCUT2D eigenvalue weighted by Crippen LogP contribution is 2.41. The largest absolute Gasteiger partial charge is 0.508 e. The van der Waals surface area contributed by atoms with Gasteiger partial charge in [0, 0.05) is 29.2 Å². The third-order valence-electron chi connectivity index (χ3n) is 7.17. The van der Waals surface area contributed by atoms with E-state index in [0.29, 0.717) is 23.3 Å². The van der Waals surface area contributed by atoms with Gasteiger partial charge in [-0.1, -0.05) is 44.2 Å². The predicted octanol–water partition coefficient (Wildman–Crippen LogP) is 5.67. The number of H-pyrrole nitrogens is 1. The number of nitrogens with one attached hydrogen (secondary N) is 1. The Labute approximate surface area is 221 Å². The van der Waals surface area contributed by atoms with Crippen LogP contribution in [0.1, 0.15) is 48.1 Å². The van der Waals surface area contributed by atoms with Crippen molar-refractivity contribution >= 4 is 28.4 Å². The summed E-state index contributed by atoms with van der Waals surface area (Å²) in [5.41, 5.74) is 4.00. The second-order valence-corrected chi connectivity index (χ2v) is 9.80. The number of ketones is 1. The summed E-state index contributed by atoms with van der Waals surface area (Å²) in [6.45, 7) is 4.30. The van der Waals surface area contributed by atoms with E-state index in [9.17, 15) is 19.8 Å². The highest BCUT2D eigenvalue weighted by molar-refractivity contribution is 6.46. The number of aromatic amines is 1. The van der Waals surface area contributed by atoms with E-state index in [4.69, 9.17) is 4.74 Å². The van der Waals surface area contributed by atoms with Crippen LogP contribution in [0.15, 0.2) is 78.5 Å². The van der Waals surface area contributed by atoms with Gasteiger partial charge >= 0.3 is 0 Å². The molecule has 7 heteroatoms. The molecule has 0 bridgehead atoms. The van der Waals surface area contributed by atoms with Crippen molar-refractivity contribution in [3.8, 4) is 11.5 Å². The zero-order chi connectivity index (χ0) is 27.0. The lowest BCUT2D eigenvalue weighted by Crippen LogP contribution is -2.31. The minimum Gasteiger partial charge on any atom is -0.508 e. The fourth-order valence-corrected chi connectivity index (χ4v) is 5.18. The molecule has 1 aromatic heterocycles. The first kappa shape index (κ1) is 25.1. The normalized spacial score (nSPS) is 17.1. The van der Waals surface area contributed by atoms with Gasteiger partial charge in [0.25, 0.3) is 11.7 Å². The van der Waals surface area contributed by atoms with Crippen molar-refractivity contribution in [3.05, 3.63) is 101 Å². The molecule has 1 amide bonds. The van der Waals surface area contributed by atoms with E-state index in [1.54, 1.807) is 37.4 Å². The number of phenolic OH excluding ortho intramolecular Hbond substituents is 1. The number of likely N-dealkylation sites (tertiary alicyclic amines) is 1. The summed E-state index contributed by atoms with van der Waals surface area (Å²) in [7, 11) is 1.59. The summed E-state index contributed by atoms with van der Waals surface area (Å²) in [5.74, 6) is -0.764. The van der Waals surface area contributed by atoms with Crippen LogP contribution < -0.4 is 4.74 Å². The van der Waals surface area contributed by atoms with E-state index < -0.39 is 17.7 Å². The van der Waals surface area contributed by atoms with Gasteiger partial charge in [-0.25, -0.2) is 0 Å². The van der Waals surface area contributed by atoms with Crippen LogP contribution in [0.25, 0.3) is 16.7 Å². The second-order valence-electron chi connectivity index (χ2n) is 9.80. The van der Waals surface area contributed by atoms with Gasteiger partial charge in [-0.2, -0.15) is 0 Å². The Morgan fingerprint density at radius 1 is 1.05 bits per heavy atom.